The molecule has 2 aromatic heterocycles. The molecule has 0 saturated heterocycles. The Hall–Kier alpha value is -0.577. The Morgan fingerprint density at radius 3 is 1.29 bits per heavy atom. The number of hydrogen-bond acceptors (Lipinski definition) is 2. The normalized spacial score (nSPS) is 7.67. The van der Waals surface area contributed by atoms with Crippen LogP contribution in [0, 0.1) is 12.7 Å². The van der Waals surface area contributed by atoms with Crippen molar-refractivity contribution in [2.24, 2.45) is 0 Å². The predicted octanol–water partition coefficient (Wildman–Crippen LogP) is -8.62. The molecule has 4 rings (SSSR count). The van der Waals surface area contributed by atoms with Gasteiger partial charge < -0.3 is 69.6 Å². The van der Waals surface area contributed by atoms with Gasteiger partial charge in [0, 0.05) is 0 Å². The fourth-order valence-corrected chi connectivity index (χ4v) is 1.65. The van der Waals surface area contributed by atoms with E-state index in [0.717, 1.165) is 22.1 Å². The quantitative estimate of drug-likeness (QED) is 0.244. The topological polar surface area (TPSA) is 57.4 Å². The smallest absolute Gasteiger partial charge is 1.00 e. The standard InChI is InChI=1S/2C7H5N2.CH4.4ClH.Zr/c2*1-2-4-7-6(3-1)8-5-9-7;;;;;;/h2*1-4H,(H,8,9);1H4;4*1H;/q2*-1;;;;;;+4/p-4. The summed E-state index contributed by atoms with van der Waals surface area (Å²) in [5, 5.41) is 0. The van der Waals surface area contributed by atoms with Gasteiger partial charge >= 0.3 is 26.2 Å². The zero-order valence-electron chi connectivity index (χ0n) is 11.5. The van der Waals surface area contributed by atoms with Crippen molar-refractivity contribution in [1.82, 2.24) is 19.9 Å². The van der Waals surface area contributed by atoms with Crippen LogP contribution in [0.2, 0.25) is 0 Å². The number of benzene rings is 2. The molecule has 0 saturated carbocycles. The van der Waals surface area contributed by atoms with Gasteiger partial charge in [-0.05, 0) is 12.7 Å². The number of H-pyrrole nitrogens is 2. The first-order valence-electron chi connectivity index (χ1n) is 5.55. The molecular formula is C15H14Cl4N4Zr-2. The first-order valence-corrected chi connectivity index (χ1v) is 5.55. The summed E-state index contributed by atoms with van der Waals surface area (Å²) in [6.07, 6.45) is 5.33. The third kappa shape index (κ3) is 8.00. The molecular weight excluding hydrogens is 469 g/mol. The Labute approximate surface area is 185 Å². The van der Waals surface area contributed by atoms with Gasteiger partial charge in [-0.2, -0.15) is 0 Å². The van der Waals surface area contributed by atoms with Crippen molar-refractivity contribution in [3.05, 3.63) is 61.2 Å². The second-order valence-corrected chi connectivity index (χ2v) is 3.73. The number of rotatable bonds is 0. The zero-order chi connectivity index (χ0) is 12.2. The number of halogens is 4. The molecule has 0 aliphatic rings. The van der Waals surface area contributed by atoms with Gasteiger partial charge in [0.15, 0.2) is 0 Å². The molecule has 0 aliphatic heterocycles. The minimum Gasteiger partial charge on any atom is -1.00 e. The largest absolute Gasteiger partial charge is 4.00 e. The molecule has 0 aliphatic carbocycles. The van der Waals surface area contributed by atoms with Crippen LogP contribution >= 0.6 is 0 Å². The molecule has 4 aromatic rings. The summed E-state index contributed by atoms with van der Waals surface area (Å²) in [4.78, 5) is 13.6. The van der Waals surface area contributed by atoms with Crippen molar-refractivity contribution in [1.29, 1.82) is 0 Å². The monoisotopic (exact) mass is 480 g/mol. The number of nitrogens with one attached hydrogen (secondary N) is 2. The first-order chi connectivity index (χ1) is 8.93. The van der Waals surface area contributed by atoms with E-state index in [1.807, 2.05) is 48.5 Å². The average molecular weight is 483 g/mol. The minimum absolute atomic E-state index is 0. The van der Waals surface area contributed by atoms with Gasteiger partial charge in [-0.15, -0.1) is 24.3 Å². The predicted molar refractivity (Wildman–Crippen MR) is 76.6 cm³/mol. The van der Waals surface area contributed by atoms with E-state index in [0.29, 0.717) is 0 Å². The van der Waals surface area contributed by atoms with E-state index < -0.39 is 0 Å². The van der Waals surface area contributed by atoms with Gasteiger partial charge in [0.25, 0.3) is 0 Å². The van der Waals surface area contributed by atoms with Crippen LogP contribution in [-0.2, 0) is 26.2 Å². The maximum absolute atomic E-state index is 3.94. The fourth-order valence-electron chi connectivity index (χ4n) is 1.65. The molecule has 2 aromatic carbocycles. The van der Waals surface area contributed by atoms with E-state index in [-0.39, 0.29) is 83.3 Å². The summed E-state index contributed by atoms with van der Waals surface area (Å²) in [7, 11) is 0. The number of aromatic amines is 2. The summed E-state index contributed by atoms with van der Waals surface area (Å²) in [5.41, 5.74) is 4.02. The van der Waals surface area contributed by atoms with Crippen LogP contribution in [0.3, 0.4) is 0 Å². The average Bonchev–Trinajstić information content (AvgIpc) is 3.08. The van der Waals surface area contributed by atoms with Crippen molar-refractivity contribution in [2.75, 3.05) is 0 Å². The summed E-state index contributed by atoms with van der Waals surface area (Å²) in [6, 6.07) is 15.7. The van der Waals surface area contributed by atoms with Gasteiger partial charge in [-0.25, -0.2) is 0 Å². The summed E-state index contributed by atoms with van der Waals surface area (Å²) < 4.78 is 0. The summed E-state index contributed by atoms with van der Waals surface area (Å²) in [6.45, 7) is 0. The Bertz CT molecular complexity index is 649. The zero-order valence-corrected chi connectivity index (χ0v) is 17.0. The van der Waals surface area contributed by atoms with E-state index in [1.54, 1.807) is 0 Å². The molecule has 0 atom stereocenters. The van der Waals surface area contributed by atoms with Gasteiger partial charge in [0.2, 0.25) is 0 Å². The molecule has 128 valence electrons. The van der Waals surface area contributed by atoms with E-state index in [2.05, 4.69) is 32.6 Å². The van der Waals surface area contributed by atoms with E-state index in [4.69, 9.17) is 0 Å². The second-order valence-electron chi connectivity index (χ2n) is 3.73. The Morgan fingerprint density at radius 2 is 0.958 bits per heavy atom. The molecule has 4 nitrogen and oxygen atoms in total. The van der Waals surface area contributed by atoms with Gasteiger partial charge in [0.05, 0.1) is 0 Å². The third-order valence-corrected chi connectivity index (χ3v) is 2.54. The fraction of sp³-hybridized carbons (Fsp3) is 0.0667. The van der Waals surface area contributed by atoms with Crippen molar-refractivity contribution in [3.63, 3.8) is 0 Å². The van der Waals surface area contributed by atoms with E-state index >= 15 is 0 Å². The minimum atomic E-state index is 0. The second kappa shape index (κ2) is 15.9. The molecule has 0 unspecified atom stereocenters. The Balaban J connectivity index is -0.000000133. The number of nitrogens with zero attached hydrogens (tertiary/aromatic N) is 2. The van der Waals surface area contributed by atoms with E-state index in [1.165, 1.54) is 0 Å². The van der Waals surface area contributed by atoms with Crippen LogP contribution in [0.15, 0.2) is 48.5 Å². The summed E-state index contributed by atoms with van der Waals surface area (Å²) in [5.74, 6) is 0. The number of para-hydroxylation sites is 4. The maximum Gasteiger partial charge on any atom is 4.00 e. The number of fused-ring (bicyclic) bond motifs is 2. The van der Waals surface area contributed by atoms with Crippen molar-refractivity contribution in [2.45, 2.75) is 7.43 Å². The molecule has 0 amide bonds. The van der Waals surface area contributed by atoms with Crippen LogP contribution in [-0.4, -0.2) is 19.9 Å². The number of hydrogen-bond donors (Lipinski definition) is 2. The molecule has 24 heavy (non-hydrogen) atoms. The maximum atomic E-state index is 3.94. The van der Waals surface area contributed by atoms with Crippen LogP contribution in [0.4, 0.5) is 0 Å². The first kappa shape index (κ1) is 31.2. The van der Waals surface area contributed by atoms with Gasteiger partial charge in [0.1, 0.15) is 0 Å². The summed E-state index contributed by atoms with van der Waals surface area (Å²) >= 11 is 0. The molecule has 0 spiro atoms. The molecule has 0 fully saturated rings. The molecule has 0 radical (unpaired) electrons. The molecule has 2 heterocycles. The van der Waals surface area contributed by atoms with Crippen LogP contribution in [0.25, 0.3) is 22.1 Å². The SMILES string of the molecule is C.[Cl-].[Cl-].[Cl-].[Cl-].[Zr+4].[c-]1nc2ccccc2[nH]1.[c-]1nc2ccccc2[nH]1. The van der Waals surface area contributed by atoms with Crippen LogP contribution < -0.4 is 49.6 Å². The van der Waals surface area contributed by atoms with Crippen LogP contribution in [0.1, 0.15) is 7.43 Å². The van der Waals surface area contributed by atoms with Crippen LogP contribution in [0.5, 0.6) is 0 Å². The third-order valence-electron chi connectivity index (χ3n) is 2.54. The van der Waals surface area contributed by atoms with Gasteiger partial charge in [-0.1, -0.05) is 53.8 Å². The Morgan fingerprint density at radius 1 is 0.625 bits per heavy atom. The van der Waals surface area contributed by atoms with Crippen molar-refractivity contribution < 1.29 is 75.8 Å². The van der Waals surface area contributed by atoms with Gasteiger partial charge in [-0.3, -0.25) is 0 Å². The number of aromatic nitrogens is 4. The van der Waals surface area contributed by atoms with Crippen molar-refractivity contribution in [3.8, 4) is 0 Å². The van der Waals surface area contributed by atoms with E-state index in [9.17, 15) is 0 Å². The van der Waals surface area contributed by atoms with Crippen molar-refractivity contribution >= 4 is 22.1 Å². The molecule has 9 heteroatoms. The molecule has 0 bridgehead atoms. The molecule has 2 N–H and O–H groups in total. The Kier molecular flexibility index (Phi) is 20.7. The number of imidazole rings is 2.